The molecule has 5 aromatic rings. The number of ether oxygens (including phenoxy) is 2. The van der Waals surface area contributed by atoms with Gasteiger partial charge in [0.05, 0.1) is 6.61 Å². The van der Waals surface area contributed by atoms with Crippen molar-refractivity contribution in [1.82, 2.24) is 9.88 Å². The van der Waals surface area contributed by atoms with E-state index in [2.05, 4.69) is 16.9 Å². The van der Waals surface area contributed by atoms with Crippen molar-refractivity contribution in [2.45, 2.75) is 58.5 Å². The van der Waals surface area contributed by atoms with Crippen molar-refractivity contribution in [2.24, 2.45) is 5.92 Å². The Morgan fingerprint density at radius 1 is 1.09 bits per heavy atom. The average molecular weight is 625 g/mol. The van der Waals surface area contributed by atoms with Gasteiger partial charge in [-0.25, -0.2) is 9.18 Å². The van der Waals surface area contributed by atoms with E-state index in [-0.39, 0.29) is 30.7 Å². The molecule has 1 aliphatic heterocycles. The number of hydrogen-bond donors (Lipinski definition) is 1. The van der Waals surface area contributed by atoms with Crippen LogP contribution in [0.3, 0.4) is 0 Å². The van der Waals surface area contributed by atoms with Crippen LogP contribution in [-0.4, -0.2) is 47.7 Å². The van der Waals surface area contributed by atoms with Gasteiger partial charge < -0.3 is 23.9 Å². The molecule has 7 nitrogen and oxygen atoms in total. The molecule has 8 heteroatoms. The van der Waals surface area contributed by atoms with Crippen LogP contribution in [0.2, 0.25) is 0 Å². The molecule has 1 N–H and O–H groups in total. The number of carbonyl (C=O) groups excluding carboxylic acids is 1. The lowest BCUT2D eigenvalue weighted by molar-refractivity contribution is 0.0526. The number of aromatic hydroxyl groups is 1. The van der Waals surface area contributed by atoms with Gasteiger partial charge in [0.2, 0.25) is 0 Å². The summed E-state index contributed by atoms with van der Waals surface area (Å²) in [6, 6.07) is 15.6. The molecule has 2 unspecified atom stereocenters. The van der Waals surface area contributed by atoms with Crippen molar-refractivity contribution < 1.29 is 28.2 Å². The molecule has 0 radical (unpaired) electrons. The van der Waals surface area contributed by atoms with Gasteiger partial charge in [-0.3, -0.25) is 4.98 Å². The molecule has 46 heavy (non-hydrogen) atoms. The van der Waals surface area contributed by atoms with Crippen molar-refractivity contribution in [2.75, 3.05) is 26.7 Å². The second kappa shape index (κ2) is 13.9. The zero-order chi connectivity index (χ0) is 32.2. The van der Waals surface area contributed by atoms with Crippen LogP contribution in [-0.2, 0) is 11.3 Å². The van der Waals surface area contributed by atoms with E-state index in [9.17, 15) is 14.3 Å². The fourth-order valence-corrected chi connectivity index (χ4v) is 6.87. The van der Waals surface area contributed by atoms with Gasteiger partial charge >= 0.3 is 5.97 Å². The summed E-state index contributed by atoms with van der Waals surface area (Å²) >= 11 is 0. The third kappa shape index (κ3) is 6.58. The minimum Gasteiger partial charge on any atom is -0.507 e. The van der Waals surface area contributed by atoms with Gasteiger partial charge in [-0.15, -0.1) is 0 Å². The summed E-state index contributed by atoms with van der Waals surface area (Å²) in [5, 5.41) is 14.1. The quantitative estimate of drug-likeness (QED) is 0.156. The molecule has 3 heterocycles. The topological polar surface area (TPSA) is 85.0 Å². The van der Waals surface area contributed by atoms with E-state index in [1.165, 1.54) is 25.0 Å². The van der Waals surface area contributed by atoms with E-state index in [0.717, 1.165) is 43.5 Å². The summed E-state index contributed by atoms with van der Waals surface area (Å²) in [7, 11) is 2.18. The lowest BCUT2D eigenvalue weighted by Crippen LogP contribution is -2.19. The van der Waals surface area contributed by atoms with Crippen molar-refractivity contribution >= 4 is 27.7 Å². The molecule has 0 bridgehead atoms. The highest BCUT2D eigenvalue weighted by molar-refractivity contribution is 6.17. The first-order valence-electron chi connectivity index (χ1n) is 16.2. The van der Waals surface area contributed by atoms with E-state index in [0.29, 0.717) is 50.3 Å². The second-order valence-electron chi connectivity index (χ2n) is 12.4. The van der Waals surface area contributed by atoms with Crippen molar-refractivity contribution in [3.63, 3.8) is 0 Å². The number of halogens is 1. The van der Waals surface area contributed by atoms with Crippen LogP contribution >= 0.6 is 0 Å². The SMILES string of the molecule is CCOC(=O)c1c(C)oc2c1c(C(CCC1CCCN(C)CC1)c1ccncc1)c(O)c1cc(OCc3ccc(F)cc3)ccc12. The Morgan fingerprint density at radius 3 is 2.63 bits per heavy atom. The number of rotatable bonds is 10. The molecule has 2 aromatic heterocycles. The van der Waals surface area contributed by atoms with Crippen molar-refractivity contribution in [3.8, 4) is 11.5 Å². The predicted molar refractivity (Wildman–Crippen MR) is 177 cm³/mol. The number of furan rings is 1. The molecule has 0 aliphatic carbocycles. The highest BCUT2D eigenvalue weighted by atomic mass is 19.1. The van der Waals surface area contributed by atoms with Gasteiger partial charge in [0, 0.05) is 40.0 Å². The molecule has 240 valence electrons. The first-order chi connectivity index (χ1) is 22.3. The van der Waals surface area contributed by atoms with Gasteiger partial charge in [-0.1, -0.05) is 12.1 Å². The van der Waals surface area contributed by atoms with E-state index in [1.54, 1.807) is 38.4 Å². The molecule has 1 fully saturated rings. The number of aryl methyl sites for hydroxylation is 1. The molecule has 0 amide bonds. The van der Waals surface area contributed by atoms with E-state index < -0.39 is 5.97 Å². The normalized spacial score (nSPS) is 16.4. The van der Waals surface area contributed by atoms with Crippen molar-refractivity contribution in [3.05, 3.63) is 101 Å². The Morgan fingerprint density at radius 2 is 1.87 bits per heavy atom. The maximum absolute atomic E-state index is 13.4. The first kappa shape index (κ1) is 31.5. The molecule has 0 spiro atoms. The number of benzene rings is 3. The van der Waals surface area contributed by atoms with Crippen LogP contribution < -0.4 is 4.74 Å². The molecule has 0 saturated carbocycles. The predicted octanol–water partition coefficient (Wildman–Crippen LogP) is 8.53. The number of pyridine rings is 1. The number of phenols is 1. The zero-order valence-electron chi connectivity index (χ0n) is 26.7. The Hall–Kier alpha value is -4.43. The minimum absolute atomic E-state index is 0.0866. The molecular weight excluding hydrogens is 583 g/mol. The molecule has 6 rings (SSSR count). The lowest BCUT2D eigenvalue weighted by atomic mass is 9.80. The molecule has 2 atom stereocenters. The third-order valence-corrected chi connectivity index (χ3v) is 9.29. The van der Waals surface area contributed by atoms with Crippen LogP contribution in [0.1, 0.15) is 77.8 Å². The Bertz CT molecular complexity index is 1820. The highest BCUT2D eigenvalue weighted by Gasteiger charge is 2.32. The molecule has 1 aliphatic rings. The smallest absolute Gasteiger partial charge is 0.342 e. The van der Waals surface area contributed by atoms with Gasteiger partial charge in [0.25, 0.3) is 0 Å². The maximum atomic E-state index is 13.4. The Kier molecular flexibility index (Phi) is 9.54. The summed E-state index contributed by atoms with van der Waals surface area (Å²) in [5.41, 5.74) is 3.36. The summed E-state index contributed by atoms with van der Waals surface area (Å²) in [6.07, 6.45) is 8.76. The zero-order valence-corrected chi connectivity index (χ0v) is 26.7. The minimum atomic E-state index is -0.474. The van der Waals surface area contributed by atoms with Crippen LogP contribution in [0.4, 0.5) is 4.39 Å². The van der Waals surface area contributed by atoms with Crippen LogP contribution in [0, 0.1) is 18.7 Å². The molecule has 3 aromatic carbocycles. The summed E-state index contributed by atoms with van der Waals surface area (Å²) in [6.45, 7) is 6.19. The number of fused-ring (bicyclic) bond motifs is 3. The molecule has 1 saturated heterocycles. The largest absolute Gasteiger partial charge is 0.507 e. The van der Waals surface area contributed by atoms with Crippen LogP contribution in [0.5, 0.6) is 11.5 Å². The number of hydrogen-bond acceptors (Lipinski definition) is 7. The van der Waals surface area contributed by atoms with Crippen molar-refractivity contribution in [1.29, 1.82) is 0 Å². The van der Waals surface area contributed by atoms with Crippen LogP contribution in [0.15, 0.2) is 71.4 Å². The first-order valence-corrected chi connectivity index (χ1v) is 16.2. The van der Waals surface area contributed by atoms with Gasteiger partial charge in [-0.05, 0) is 126 Å². The standard InChI is InChI=1S/C38H41FN2O5/c1-4-44-38(43)33-24(2)46-37-31-14-12-29(45-23-26-7-10-28(39)11-8-26)22-32(31)36(42)34(35(33)37)30(27-15-18-40-19-16-27)13-9-25-6-5-20-41(3)21-17-25/h7-8,10-12,14-16,18-19,22,25,30,42H,4-6,9,13,17,20-21,23H2,1-3H3. The number of phenolic OH excluding ortho intramolecular Hbond substituents is 1. The van der Waals surface area contributed by atoms with Crippen LogP contribution in [0.25, 0.3) is 21.7 Å². The summed E-state index contributed by atoms with van der Waals surface area (Å²) in [5.74, 6) is 0.635. The van der Waals surface area contributed by atoms with E-state index in [4.69, 9.17) is 13.9 Å². The Balaban J connectivity index is 1.49. The fourth-order valence-electron chi connectivity index (χ4n) is 6.87. The fraction of sp³-hybridized carbons (Fsp3) is 0.368. The number of nitrogens with zero attached hydrogens (tertiary/aromatic N) is 2. The highest BCUT2D eigenvalue weighted by Crippen LogP contribution is 2.48. The Labute approximate surface area is 268 Å². The van der Waals surface area contributed by atoms with Gasteiger partial charge in [-0.2, -0.15) is 0 Å². The van der Waals surface area contributed by atoms with Gasteiger partial charge in [0.1, 0.15) is 40.8 Å². The second-order valence-corrected chi connectivity index (χ2v) is 12.4. The number of esters is 1. The number of likely N-dealkylation sites (tertiary alicyclic amines) is 1. The lowest BCUT2D eigenvalue weighted by Gasteiger charge is -2.24. The average Bonchev–Trinajstić information content (AvgIpc) is 3.27. The number of carbonyl (C=O) groups is 1. The maximum Gasteiger partial charge on any atom is 0.342 e. The summed E-state index contributed by atoms with van der Waals surface area (Å²) in [4.78, 5) is 20.1. The monoisotopic (exact) mass is 624 g/mol. The number of aromatic nitrogens is 1. The third-order valence-electron chi connectivity index (χ3n) is 9.29. The molecular formula is C38H41FN2O5. The van der Waals surface area contributed by atoms with E-state index >= 15 is 0 Å². The summed E-state index contributed by atoms with van der Waals surface area (Å²) < 4.78 is 31.4. The van der Waals surface area contributed by atoms with Gasteiger partial charge in [0.15, 0.2) is 0 Å². The van der Waals surface area contributed by atoms with E-state index in [1.807, 2.05) is 30.3 Å².